The lowest BCUT2D eigenvalue weighted by Gasteiger charge is -2.34. The third-order valence-corrected chi connectivity index (χ3v) is 8.41. The number of hydrogen-bond donors (Lipinski definition) is 1. The van der Waals surface area contributed by atoms with Crippen LogP contribution >= 0.6 is 11.8 Å². The molecule has 0 aromatic heterocycles. The highest BCUT2D eigenvalue weighted by Gasteiger charge is 2.28. The topological polar surface area (TPSA) is 86.8 Å². The smallest absolute Gasteiger partial charge is 0.237 e. The summed E-state index contributed by atoms with van der Waals surface area (Å²) >= 11 is 1.45. The highest BCUT2D eigenvalue weighted by Crippen LogP contribution is 2.38. The molecule has 1 aromatic rings. The van der Waals surface area contributed by atoms with Crippen LogP contribution in [0.1, 0.15) is 26.7 Å². The van der Waals surface area contributed by atoms with E-state index in [1.54, 1.807) is 17.0 Å². The van der Waals surface area contributed by atoms with E-state index in [1.807, 2.05) is 6.92 Å². The summed E-state index contributed by atoms with van der Waals surface area (Å²) in [5, 5.41) is 2.64. The molecule has 0 unspecified atom stereocenters. The first-order chi connectivity index (χ1) is 13.3. The lowest BCUT2D eigenvalue weighted by Crippen LogP contribution is -2.48. The Morgan fingerprint density at radius 1 is 1.21 bits per heavy atom. The van der Waals surface area contributed by atoms with Crippen LogP contribution in [0.25, 0.3) is 0 Å². The number of carbonyl (C=O) groups is 2. The predicted octanol–water partition coefficient (Wildman–Crippen LogP) is 1.84. The first-order valence-corrected chi connectivity index (χ1v) is 12.2. The number of piperazine rings is 1. The van der Waals surface area contributed by atoms with Crippen LogP contribution in [0.2, 0.25) is 0 Å². The lowest BCUT2D eigenvalue weighted by atomic mass is 10.2. The van der Waals surface area contributed by atoms with Gasteiger partial charge in [0.05, 0.1) is 21.6 Å². The van der Waals surface area contributed by atoms with Crippen molar-refractivity contribution >= 4 is 39.1 Å². The molecule has 1 N–H and O–H groups in total. The number of benzene rings is 1. The average molecular weight is 426 g/mol. The Hall–Kier alpha value is -1.58. The molecule has 3 rings (SSSR count). The van der Waals surface area contributed by atoms with Crippen LogP contribution in [0.5, 0.6) is 0 Å². The summed E-state index contributed by atoms with van der Waals surface area (Å²) < 4.78 is 25.4. The van der Waals surface area contributed by atoms with Crippen molar-refractivity contribution in [1.29, 1.82) is 0 Å². The Bertz CT molecular complexity index is 849. The van der Waals surface area contributed by atoms with Gasteiger partial charge in [-0.3, -0.25) is 9.59 Å². The Balaban J connectivity index is 1.63. The molecule has 28 heavy (non-hydrogen) atoms. The normalized spacial score (nSPS) is 20.6. The summed E-state index contributed by atoms with van der Waals surface area (Å²) in [6, 6.07) is 4.81. The van der Waals surface area contributed by atoms with Crippen molar-refractivity contribution in [2.75, 3.05) is 43.8 Å². The zero-order chi connectivity index (χ0) is 20.3. The van der Waals surface area contributed by atoms with Gasteiger partial charge in [-0.05, 0) is 31.2 Å². The number of likely N-dealkylation sites (N-methyl/N-ethyl adjacent to an activating group) is 1. The van der Waals surface area contributed by atoms with Crippen molar-refractivity contribution in [3.63, 3.8) is 0 Å². The molecule has 2 aliphatic rings. The number of thioether (sulfide) groups is 1. The lowest BCUT2D eigenvalue weighted by molar-refractivity contribution is -0.132. The van der Waals surface area contributed by atoms with E-state index in [1.165, 1.54) is 17.8 Å². The summed E-state index contributed by atoms with van der Waals surface area (Å²) in [6.07, 6.45) is 0.690. The molecule has 9 heteroatoms. The van der Waals surface area contributed by atoms with Crippen molar-refractivity contribution in [1.82, 2.24) is 9.80 Å². The molecule has 2 heterocycles. The fourth-order valence-electron chi connectivity index (χ4n) is 3.40. The van der Waals surface area contributed by atoms with E-state index in [0.717, 1.165) is 24.5 Å². The molecular formula is C19H27N3O4S2. The number of nitrogens with zero attached hydrogens (tertiary/aromatic N) is 2. The van der Waals surface area contributed by atoms with Gasteiger partial charge in [-0.15, -0.1) is 11.8 Å². The zero-order valence-corrected chi connectivity index (χ0v) is 17.9. The van der Waals surface area contributed by atoms with E-state index in [0.29, 0.717) is 25.2 Å². The van der Waals surface area contributed by atoms with E-state index in [9.17, 15) is 18.0 Å². The van der Waals surface area contributed by atoms with E-state index in [-0.39, 0.29) is 34.1 Å². The number of nitrogens with one attached hydrogen (secondary N) is 1. The highest BCUT2D eigenvalue weighted by atomic mass is 32.2. The van der Waals surface area contributed by atoms with Crippen molar-refractivity contribution in [3.05, 3.63) is 18.2 Å². The molecule has 7 nitrogen and oxygen atoms in total. The molecule has 0 saturated carbocycles. The number of fused-ring (bicyclic) bond motifs is 1. The van der Waals surface area contributed by atoms with Crippen LogP contribution in [-0.4, -0.2) is 73.8 Å². The summed E-state index contributed by atoms with van der Waals surface area (Å²) in [5.41, 5.74) is 0.530. The van der Waals surface area contributed by atoms with E-state index in [4.69, 9.17) is 0 Å². The second-order valence-electron chi connectivity index (χ2n) is 7.05. The Morgan fingerprint density at radius 2 is 1.93 bits per heavy atom. The first-order valence-electron chi connectivity index (χ1n) is 9.68. The van der Waals surface area contributed by atoms with Gasteiger partial charge in [0.15, 0.2) is 9.84 Å². The maximum absolute atomic E-state index is 12.7. The van der Waals surface area contributed by atoms with Crippen LogP contribution in [0.3, 0.4) is 0 Å². The molecule has 2 aliphatic heterocycles. The second kappa shape index (κ2) is 8.84. The van der Waals surface area contributed by atoms with E-state index in [2.05, 4.69) is 17.1 Å². The summed E-state index contributed by atoms with van der Waals surface area (Å²) in [7, 11) is -3.60. The minimum absolute atomic E-state index is 0.0233. The van der Waals surface area contributed by atoms with Crippen molar-refractivity contribution in [2.45, 2.75) is 41.7 Å². The SMILES string of the molecule is CC[C@H]1Sc2ccc(S(=O)(=O)CCC(=O)N3CCN(CC)CC3)cc2NC1=O. The molecule has 0 spiro atoms. The fourth-order valence-corrected chi connectivity index (χ4v) is 5.68. The summed E-state index contributed by atoms with van der Waals surface area (Å²) in [6.45, 7) is 7.95. The number of sulfone groups is 1. The molecule has 1 saturated heterocycles. The fraction of sp³-hybridized carbons (Fsp3) is 0.579. The number of amides is 2. The van der Waals surface area contributed by atoms with Gasteiger partial charge in [-0.25, -0.2) is 8.42 Å². The van der Waals surface area contributed by atoms with Crippen LogP contribution in [-0.2, 0) is 19.4 Å². The van der Waals surface area contributed by atoms with Gasteiger partial charge in [0.25, 0.3) is 0 Å². The van der Waals surface area contributed by atoms with E-state index < -0.39 is 9.84 Å². The molecule has 0 radical (unpaired) electrons. The molecule has 2 amide bonds. The van der Waals surface area contributed by atoms with Gasteiger partial charge >= 0.3 is 0 Å². The standard InChI is InChI=1S/C19H27N3O4S2/c1-3-16-19(24)20-15-13-14(5-6-17(15)27-16)28(25,26)12-7-18(23)22-10-8-21(4-2)9-11-22/h5-6,13,16H,3-4,7-12H2,1-2H3,(H,20,24)/t16-/m1/s1. The summed E-state index contributed by atoms with van der Waals surface area (Å²) in [4.78, 5) is 29.5. The number of hydrogen-bond acceptors (Lipinski definition) is 6. The minimum atomic E-state index is -3.60. The van der Waals surface area contributed by atoms with Crippen LogP contribution in [0.4, 0.5) is 5.69 Å². The molecule has 1 aromatic carbocycles. The van der Waals surface area contributed by atoms with Gasteiger partial charge in [0.2, 0.25) is 11.8 Å². The van der Waals surface area contributed by atoms with Gasteiger partial charge in [-0.2, -0.15) is 0 Å². The first kappa shape index (κ1) is 21.1. The minimum Gasteiger partial charge on any atom is -0.340 e. The van der Waals surface area contributed by atoms with Gasteiger partial charge in [-0.1, -0.05) is 13.8 Å². The molecule has 0 aliphatic carbocycles. The number of anilines is 1. The van der Waals surface area contributed by atoms with E-state index >= 15 is 0 Å². The molecule has 1 fully saturated rings. The Kier molecular flexibility index (Phi) is 6.67. The molecule has 0 bridgehead atoms. The highest BCUT2D eigenvalue weighted by molar-refractivity contribution is 8.01. The monoisotopic (exact) mass is 425 g/mol. The van der Waals surface area contributed by atoms with Gasteiger partial charge in [0.1, 0.15) is 0 Å². The Morgan fingerprint density at radius 3 is 2.57 bits per heavy atom. The maximum atomic E-state index is 12.7. The van der Waals surface area contributed by atoms with Gasteiger partial charge in [0, 0.05) is 37.5 Å². The van der Waals surface area contributed by atoms with Gasteiger partial charge < -0.3 is 15.1 Å². The van der Waals surface area contributed by atoms with Crippen LogP contribution in [0.15, 0.2) is 28.0 Å². The molecule has 154 valence electrons. The zero-order valence-electron chi connectivity index (χ0n) is 16.3. The number of rotatable bonds is 6. The third kappa shape index (κ3) is 4.69. The predicted molar refractivity (Wildman–Crippen MR) is 110 cm³/mol. The van der Waals surface area contributed by atoms with Crippen LogP contribution in [0, 0.1) is 0 Å². The quantitative estimate of drug-likeness (QED) is 0.748. The Labute approximate surface area is 170 Å². The number of carbonyl (C=O) groups excluding carboxylic acids is 2. The maximum Gasteiger partial charge on any atom is 0.237 e. The molecular weight excluding hydrogens is 398 g/mol. The third-order valence-electron chi connectivity index (χ3n) is 5.26. The van der Waals surface area contributed by atoms with Crippen molar-refractivity contribution in [3.8, 4) is 0 Å². The van der Waals surface area contributed by atoms with Crippen LogP contribution < -0.4 is 5.32 Å². The average Bonchev–Trinajstić information content (AvgIpc) is 2.71. The second-order valence-corrected chi connectivity index (χ2v) is 10.4. The largest absolute Gasteiger partial charge is 0.340 e. The summed E-state index contributed by atoms with van der Waals surface area (Å²) in [5.74, 6) is -0.444. The molecule has 1 atom stereocenters. The van der Waals surface area contributed by atoms with Crippen molar-refractivity contribution in [2.24, 2.45) is 0 Å². The van der Waals surface area contributed by atoms with Crippen molar-refractivity contribution < 1.29 is 18.0 Å².